The highest BCUT2D eigenvalue weighted by Crippen LogP contribution is 2.24. The molecule has 3 aromatic rings. The summed E-state index contributed by atoms with van der Waals surface area (Å²) in [4.78, 5) is 0. The van der Waals surface area contributed by atoms with E-state index in [1.54, 1.807) is 24.3 Å². The SMILES string of the molecule is CCCCCCCCCCCCOc1c(C#Cc2ccc(OCC(O)CO)cc2)cccc1C#Cc1ccc(OCC(O)CO)cc1. The lowest BCUT2D eigenvalue weighted by molar-refractivity contribution is 0.0536. The van der Waals surface area contributed by atoms with E-state index in [1.807, 2.05) is 42.5 Å². The van der Waals surface area contributed by atoms with Gasteiger partial charge in [-0.15, -0.1) is 0 Å². The summed E-state index contributed by atoms with van der Waals surface area (Å²) in [5.74, 6) is 14.8. The fraction of sp³-hybridized carbons (Fsp3) is 0.450. The molecule has 4 N–H and O–H groups in total. The van der Waals surface area contributed by atoms with Crippen LogP contribution < -0.4 is 14.2 Å². The first-order valence-electron chi connectivity index (χ1n) is 16.9. The van der Waals surface area contributed by atoms with Crippen molar-refractivity contribution < 1.29 is 34.6 Å². The molecule has 0 fully saturated rings. The maximum atomic E-state index is 9.51. The number of benzene rings is 3. The highest BCUT2D eigenvalue weighted by molar-refractivity contribution is 5.59. The van der Waals surface area contributed by atoms with Crippen molar-refractivity contribution in [3.63, 3.8) is 0 Å². The van der Waals surface area contributed by atoms with E-state index in [4.69, 9.17) is 24.4 Å². The molecule has 2 unspecified atom stereocenters. The van der Waals surface area contributed by atoms with Crippen LogP contribution in [0.4, 0.5) is 0 Å². The fourth-order valence-corrected chi connectivity index (χ4v) is 4.69. The van der Waals surface area contributed by atoms with Crippen LogP contribution in [0.5, 0.6) is 17.2 Å². The van der Waals surface area contributed by atoms with Crippen molar-refractivity contribution >= 4 is 0 Å². The zero-order valence-electron chi connectivity index (χ0n) is 27.6. The Morgan fingerprint density at radius 1 is 0.532 bits per heavy atom. The Labute approximate surface area is 280 Å². The van der Waals surface area contributed by atoms with Crippen molar-refractivity contribution in [2.75, 3.05) is 33.0 Å². The molecule has 0 bridgehead atoms. The van der Waals surface area contributed by atoms with Crippen LogP contribution >= 0.6 is 0 Å². The third-order valence-electron chi connectivity index (χ3n) is 7.46. The summed E-state index contributed by atoms with van der Waals surface area (Å²) in [7, 11) is 0. The second-order valence-corrected chi connectivity index (χ2v) is 11.6. The summed E-state index contributed by atoms with van der Waals surface area (Å²) in [6.45, 7) is 2.16. The third kappa shape index (κ3) is 15.0. The summed E-state index contributed by atoms with van der Waals surface area (Å²) >= 11 is 0. The van der Waals surface area contributed by atoms with Crippen LogP contribution in [-0.4, -0.2) is 65.7 Å². The van der Waals surface area contributed by atoms with E-state index in [2.05, 4.69) is 30.6 Å². The van der Waals surface area contributed by atoms with Gasteiger partial charge < -0.3 is 34.6 Å². The van der Waals surface area contributed by atoms with Gasteiger partial charge in [0.05, 0.1) is 30.9 Å². The topological polar surface area (TPSA) is 109 Å². The number of hydrogen-bond donors (Lipinski definition) is 4. The van der Waals surface area contributed by atoms with Gasteiger partial charge in [0.1, 0.15) is 36.9 Å². The van der Waals surface area contributed by atoms with E-state index in [-0.39, 0.29) is 26.4 Å². The molecule has 0 saturated heterocycles. The van der Waals surface area contributed by atoms with Crippen LogP contribution in [0.25, 0.3) is 0 Å². The number of hydrogen-bond acceptors (Lipinski definition) is 7. The van der Waals surface area contributed by atoms with Gasteiger partial charge in [0.15, 0.2) is 5.75 Å². The standard InChI is InChI=1S/C40H50O7/c1-2-3-4-5-6-7-8-9-10-11-27-45-40-34(21-15-32-17-23-38(24-18-32)46-30-36(43)28-41)13-12-14-35(40)22-16-33-19-25-39(26-20-33)47-31-37(44)29-42/h12-14,17-20,23-26,36-37,41-44H,2-11,27-31H2,1H3. The van der Waals surface area contributed by atoms with E-state index in [0.29, 0.717) is 23.9 Å². The number of ether oxygens (including phenoxy) is 3. The number of aliphatic hydroxyl groups excluding tert-OH is 4. The van der Waals surface area contributed by atoms with Gasteiger partial charge in [-0.1, -0.05) is 94.5 Å². The van der Waals surface area contributed by atoms with Crippen molar-refractivity contribution in [1.29, 1.82) is 0 Å². The van der Waals surface area contributed by atoms with Gasteiger partial charge in [-0.2, -0.15) is 0 Å². The Bertz CT molecular complexity index is 1320. The summed E-state index contributed by atoms with van der Waals surface area (Å²) in [5.41, 5.74) is 3.10. The van der Waals surface area contributed by atoms with Crippen molar-refractivity contribution in [2.45, 2.75) is 83.3 Å². The van der Waals surface area contributed by atoms with Gasteiger partial charge in [-0.05, 0) is 67.1 Å². The molecule has 0 radical (unpaired) electrons. The predicted molar refractivity (Wildman–Crippen MR) is 186 cm³/mol. The summed E-state index contributed by atoms with van der Waals surface area (Å²) < 4.78 is 17.3. The van der Waals surface area contributed by atoms with E-state index in [0.717, 1.165) is 35.1 Å². The van der Waals surface area contributed by atoms with Crippen LogP contribution in [0.3, 0.4) is 0 Å². The van der Waals surface area contributed by atoms with Crippen LogP contribution in [0.1, 0.15) is 93.4 Å². The average molecular weight is 643 g/mol. The molecule has 0 aliphatic heterocycles. The third-order valence-corrected chi connectivity index (χ3v) is 7.46. The van der Waals surface area contributed by atoms with Gasteiger partial charge in [-0.3, -0.25) is 0 Å². The fourth-order valence-electron chi connectivity index (χ4n) is 4.69. The lowest BCUT2D eigenvalue weighted by Crippen LogP contribution is -2.21. The predicted octanol–water partition coefficient (Wildman–Crippen LogP) is 6.25. The molecule has 252 valence electrons. The van der Waals surface area contributed by atoms with Gasteiger partial charge in [-0.25, -0.2) is 0 Å². The molecule has 0 aliphatic rings. The molecule has 47 heavy (non-hydrogen) atoms. The minimum atomic E-state index is -0.922. The average Bonchev–Trinajstić information content (AvgIpc) is 3.11. The summed E-state index contributed by atoms with van der Waals surface area (Å²) in [6, 6.07) is 20.3. The lowest BCUT2D eigenvalue weighted by Gasteiger charge is -2.11. The highest BCUT2D eigenvalue weighted by atomic mass is 16.5. The molecule has 0 aromatic heterocycles. The molecule has 0 saturated carbocycles. The van der Waals surface area contributed by atoms with Crippen molar-refractivity contribution in [1.82, 2.24) is 0 Å². The largest absolute Gasteiger partial charge is 0.491 e. The molecule has 7 nitrogen and oxygen atoms in total. The lowest BCUT2D eigenvalue weighted by atomic mass is 10.1. The minimum absolute atomic E-state index is 0.0157. The van der Waals surface area contributed by atoms with Crippen molar-refractivity contribution in [3.05, 3.63) is 89.0 Å². The van der Waals surface area contributed by atoms with E-state index >= 15 is 0 Å². The van der Waals surface area contributed by atoms with E-state index < -0.39 is 12.2 Å². The molecule has 3 rings (SSSR count). The van der Waals surface area contributed by atoms with Gasteiger partial charge in [0.25, 0.3) is 0 Å². The first-order valence-corrected chi connectivity index (χ1v) is 16.9. The number of aliphatic hydroxyl groups is 4. The first-order chi connectivity index (χ1) is 23.0. The Morgan fingerprint density at radius 3 is 1.38 bits per heavy atom. The van der Waals surface area contributed by atoms with Gasteiger partial charge >= 0.3 is 0 Å². The van der Waals surface area contributed by atoms with Crippen molar-refractivity contribution in [2.24, 2.45) is 0 Å². The van der Waals surface area contributed by atoms with Crippen LogP contribution in [0, 0.1) is 23.7 Å². The maximum absolute atomic E-state index is 9.51. The molecular formula is C40H50O7. The van der Waals surface area contributed by atoms with Crippen molar-refractivity contribution in [3.8, 4) is 40.9 Å². The molecule has 0 heterocycles. The summed E-state index contributed by atoms with van der Waals surface area (Å²) in [6.07, 6.45) is 10.7. The van der Waals surface area contributed by atoms with Gasteiger partial charge in [0.2, 0.25) is 0 Å². The van der Waals surface area contributed by atoms with Gasteiger partial charge in [0, 0.05) is 11.1 Å². The smallest absolute Gasteiger partial charge is 0.150 e. The first kappa shape index (κ1) is 37.5. The number of rotatable bonds is 20. The quantitative estimate of drug-likeness (QED) is 0.0853. The summed E-state index contributed by atoms with van der Waals surface area (Å²) in [5, 5.41) is 37.0. The molecule has 3 aromatic carbocycles. The molecule has 2 atom stereocenters. The second-order valence-electron chi connectivity index (χ2n) is 11.6. The zero-order chi connectivity index (χ0) is 33.5. The van der Waals surface area contributed by atoms with Crippen LogP contribution in [-0.2, 0) is 0 Å². The second kappa shape index (κ2) is 22.5. The Hall–Kier alpha value is -3.98. The normalized spacial score (nSPS) is 11.9. The Balaban J connectivity index is 1.68. The monoisotopic (exact) mass is 642 g/mol. The molecule has 0 amide bonds. The molecule has 0 aliphatic carbocycles. The minimum Gasteiger partial charge on any atom is -0.491 e. The van der Waals surface area contributed by atoms with E-state index in [1.165, 1.54) is 51.4 Å². The van der Waals surface area contributed by atoms with Crippen LogP contribution in [0.2, 0.25) is 0 Å². The van der Waals surface area contributed by atoms with E-state index in [9.17, 15) is 10.2 Å². The molecular weight excluding hydrogens is 592 g/mol. The Kier molecular flexibility index (Phi) is 18.0. The highest BCUT2D eigenvalue weighted by Gasteiger charge is 2.08. The zero-order valence-corrected chi connectivity index (χ0v) is 27.6. The Morgan fingerprint density at radius 2 is 0.957 bits per heavy atom. The number of unbranched alkanes of at least 4 members (excludes halogenated alkanes) is 9. The molecule has 7 heteroatoms. The molecule has 0 spiro atoms. The number of para-hydroxylation sites is 1. The van der Waals surface area contributed by atoms with Crippen LogP contribution in [0.15, 0.2) is 66.7 Å². The maximum Gasteiger partial charge on any atom is 0.150 e.